The minimum Gasteiger partial charge on any atom is -0.374 e. The van der Waals surface area contributed by atoms with E-state index < -0.39 is 6.03 Å². The van der Waals surface area contributed by atoms with E-state index in [1.807, 2.05) is 7.05 Å². The van der Waals surface area contributed by atoms with Crippen molar-refractivity contribution in [2.75, 3.05) is 33.3 Å². The summed E-state index contributed by atoms with van der Waals surface area (Å²) >= 11 is 0. The van der Waals surface area contributed by atoms with E-state index in [4.69, 9.17) is 10.5 Å². The molecule has 5 heteroatoms. The van der Waals surface area contributed by atoms with Gasteiger partial charge in [-0.3, -0.25) is 0 Å². The number of ether oxygens (including phenoxy) is 1. The van der Waals surface area contributed by atoms with Crippen molar-refractivity contribution < 1.29 is 9.53 Å². The molecule has 2 amide bonds. The predicted octanol–water partition coefficient (Wildman–Crippen LogP) is -1.01. The number of nitrogens with two attached hydrogens (primary N) is 1. The highest BCUT2D eigenvalue weighted by atomic mass is 16.5. The number of carbonyl (C=O) groups excluding carboxylic acids is 1. The summed E-state index contributed by atoms with van der Waals surface area (Å²) in [4.78, 5) is 12.5. The predicted molar refractivity (Wildman–Crippen MR) is 44.8 cm³/mol. The van der Waals surface area contributed by atoms with Crippen molar-refractivity contribution in [3.8, 4) is 0 Å². The molecule has 12 heavy (non-hydrogen) atoms. The second-order valence-electron chi connectivity index (χ2n) is 3.00. The first-order valence-electron chi connectivity index (χ1n) is 4.02. The van der Waals surface area contributed by atoms with Gasteiger partial charge in [-0.05, 0) is 7.05 Å². The van der Waals surface area contributed by atoms with E-state index in [-0.39, 0.29) is 6.10 Å². The van der Waals surface area contributed by atoms with Crippen LogP contribution in [0.4, 0.5) is 4.79 Å². The maximum Gasteiger partial charge on any atom is 0.312 e. The van der Waals surface area contributed by atoms with Crippen LogP contribution in [0.15, 0.2) is 0 Å². The fourth-order valence-electron chi connectivity index (χ4n) is 1.20. The third-order valence-electron chi connectivity index (χ3n) is 1.85. The van der Waals surface area contributed by atoms with E-state index in [1.165, 1.54) is 0 Å². The van der Waals surface area contributed by atoms with E-state index in [1.54, 1.807) is 0 Å². The van der Waals surface area contributed by atoms with Crippen LogP contribution in [-0.2, 0) is 4.74 Å². The van der Waals surface area contributed by atoms with Crippen LogP contribution in [0.25, 0.3) is 0 Å². The normalized spacial score (nSPS) is 25.2. The first-order chi connectivity index (χ1) is 5.68. The number of nitrogens with one attached hydrogen (secondary N) is 1. The first kappa shape index (κ1) is 9.28. The summed E-state index contributed by atoms with van der Waals surface area (Å²) < 4.78 is 5.39. The van der Waals surface area contributed by atoms with Gasteiger partial charge in [0, 0.05) is 19.6 Å². The SMILES string of the molecule is CN1CCOC(CNC(N)=O)C1. The molecule has 1 aliphatic rings. The Kier molecular flexibility index (Phi) is 3.31. The number of hydrogen-bond acceptors (Lipinski definition) is 3. The summed E-state index contributed by atoms with van der Waals surface area (Å²) in [5, 5.41) is 2.52. The number of amides is 2. The third kappa shape index (κ3) is 3.06. The van der Waals surface area contributed by atoms with E-state index in [9.17, 15) is 4.79 Å². The number of carbonyl (C=O) groups is 1. The highest BCUT2D eigenvalue weighted by Gasteiger charge is 2.17. The molecular formula is C7H15N3O2. The van der Waals surface area contributed by atoms with Crippen molar-refractivity contribution in [3.63, 3.8) is 0 Å². The summed E-state index contributed by atoms with van der Waals surface area (Å²) in [6.07, 6.45) is 0.0799. The van der Waals surface area contributed by atoms with Gasteiger partial charge in [0.05, 0.1) is 12.7 Å². The van der Waals surface area contributed by atoms with Gasteiger partial charge in [-0.2, -0.15) is 0 Å². The molecule has 1 aliphatic heterocycles. The summed E-state index contributed by atoms with van der Waals surface area (Å²) in [6.45, 7) is 3.02. The minimum atomic E-state index is -0.494. The molecule has 0 bridgehead atoms. The van der Waals surface area contributed by atoms with E-state index in [2.05, 4.69) is 10.2 Å². The fraction of sp³-hybridized carbons (Fsp3) is 0.857. The van der Waals surface area contributed by atoms with Gasteiger partial charge in [0.1, 0.15) is 0 Å². The number of likely N-dealkylation sites (N-methyl/N-ethyl adjacent to an activating group) is 1. The van der Waals surface area contributed by atoms with Crippen LogP contribution in [-0.4, -0.2) is 50.3 Å². The first-order valence-corrected chi connectivity index (χ1v) is 4.02. The van der Waals surface area contributed by atoms with Crippen LogP contribution < -0.4 is 11.1 Å². The lowest BCUT2D eigenvalue weighted by Crippen LogP contribution is -2.46. The highest BCUT2D eigenvalue weighted by molar-refractivity contribution is 5.71. The molecule has 0 aromatic carbocycles. The standard InChI is InChI=1S/C7H15N3O2/c1-10-2-3-12-6(5-10)4-9-7(8)11/h6H,2-5H2,1H3,(H3,8,9,11). The Labute approximate surface area is 71.8 Å². The minimum absolute atomic E-state index is 0.0799. The van der Waals surface area contributed by atoms with E-state index in [0.29, 0.717) is 6.54 Å². The number of rotatable bonds is 2. The van der Waals surface area contributed by atoms with E-state index >= 15 is 0 Å². The van der Waals surface area contributed by atoms with Crippen molar-refractivity contribution in [1.82, 2.24) is 10.2 Å². The van der Waals surface area contributed by atoms with Crippen molar-refractivity contribution in [3.05, 3.63) is 0 Å². The zero-order valence-corrected chi connectivity index (χ0v) is 7.25. The topological polar surface area (TPSA) is 67.6 Å². The molecule has 0 aliphatic carbocycles. The Balaban J connectivity index is 2.18. The van der Waals surface area contributed by atoms with Crippen LogP contribution >= 0.6 is 0 Å². The maximum atomic E-state index is 10.4. The lowest BCUT2D eigenvalue weighted by Gasteiger charge is -2.29. The lowest BCUT2D eigenvalue weighted by molar-refractivity contribution is -0.0166. The monoisotopic (exact) mass is 173 g/mol. The number of hydrogen-bond donors (Lipinski definition) is 2. The smallest absolute Gasteiger partial charge is 0.312 e. The largest absolute Gasteiger partial charge is 0.374 e. The molecule has 3 N–H and O–H groups in total. The van der Waals surface area contributed by atoms with Crippen LogP contribution in [0.1, 0.15) is 0 Å². The Morgan fingerprint density at radius 3 is 3.17 bits per heavy atom. The van der Waals surface area contributed by atoms with Crippen LogP contribution in [0, 0.1) is 0 Å². The average Bonchev–Trinajstić information content (AvgIpc) is 2.01. The molecule has 0 saturated carbocycles. The molecular weight excluding hydrogens is 158 g/mol. The lowest BCUT2D eigenvalue weighted by atomic mass is 10.3. The highest BCUT2D eigenvalue weighted by Crippen LogP contribution is 2.00. The molecule has 1 heterocycles. The van der Waals surface area contributed by atoms with Gasteiger partial charge in [0.15, 0.2) is 0 Å². The quantitative estimate of drug-likeness (QED) is 0.562. The molecule has 0 spiro atoms. The van der Waals surface area contributed by atoms with Gasteiger partial charge >= 0.3 is 6.03 Å². The molecule has 1 saturated heterocycles. The zero-order valence-electron chi connectivity index (χ0n) is 7.25. The fourth-order valence-corrected chi connectivity index (χ4v) is 1.20. The zero-order chi connectivity index (χ0) is 8.97. The number of nitrogens with zero attached hydrogens (tertiary/aromatic N) is 1. The molecule has 0 radical (unpaired) electrons. The van der Waals surface area contributed by atoms with Crippen molar-refractivity contribution in [1.29, 1.82) is 0 Å². The number of primary amides is 1. The van der Waals surface area contributed by atoms with Crippen molar-refractivity contribution in [2.45, 2.75) is 6.10 Å². The van der Waals surface area contributed by atoms with Gasteiger partial charge < -0.3 is 20.7 Å². The van der Waals surface area contributed by atoms with Gasteiger partial charge in [0.25, 0.3) is 0 Å². The van der Waals surface area contributed by atoms with E-state index in [0.717, 1.165) is 19.7 Å². The van der Waals surface area contributed by atoms with Gasteiger partial charge in [-0.25, -0.2) is 4.79 Å². The van der Waals surface area contributed by atoms with Crippen LogP contribution in [0.3, 0.4) is 0 Å². The molecule has 0 aromatic rings. The maximum absolute atomic E-state index is 10.4. The second kappa shape index (κ2) is 4.27. The number of urea groups is 1. The molecule has 1 unspecified atom stereocenters. The molecule has 1 rings (SSSR count). The van der Waals surface area contributed by atoms with Gasteiger partial charge in [0.2, 0.25) is 0 Å². The van der Waals surface area contributed by atoms with Crippen LogP contribution in [0.5, 0.6) is 0 Å². The molecule has 1 atom stereocenters. The van der Waals surface area contributed by atoms with Gasteiger partial charge in [-0.1, -0.05) is 0 Å². The Morgan fingerprint density at radius 1 is 1.83 bits per heavy atom. The number of morpholine rings is 1. The summed E-state index contributed by atoms with van der Waals surface area (Å²) in [5.74, 6) is 0. The van der Waals surface area contributed by atoms with Crippen molar-refractivity contribution >= 4 is 6.03 Å². The molecule has 0 aromatic heterocycles. The summed E-state index contributed by atoms with van der Waals surface area (Å²) in [5.41, 5.74) is 4.93. The summed E-state index contributed by atoms with van der Waals surface area (Å²) in [7, 11) is 2.03. The summed E-state index contributed by atoms with van der Waals surface area (Å²) in [6, 6.07) is -0.494. The average molecular weight is 173 g/mol. The van der Waals surface area contributed by atoms with Crippen molar-refractivity contribution in [2.24, 2.45) is 5.73 Å². The molecule has 1 fully saturated rings. The molecule has 5 nitrogen and oxygen atoms in total. The molecule has 70 valence electrons. The van der Waals surface area contributed by atoms with Gasteiger partial charge in [-0.15, -0.1) is 0 Å². The van der Waals surface area contributed by atoms with Crippen LogP contribution in [0.2, 0.25) is 0 Å². The Morgan fingerprint density at radius 2 is 2.58 bits per heavy atom. The third-order valence-corrected chi connectivity index (χ3v) is 1.85. The Hall–Kier alpha value is -0.810. The second-order valence-corrected chi connectivity index (χ2v) is 3.00. The Bertz CT molecular complexity index is 163.